The molecule has 8 rings (SSSR count). The molecule has 1 amide bonds. The lowest BCUT2D eigenvalue weighted by Gasteiger charge is -2.70. The van der Waals surface area contributed by atoms with Gasteiger partial charge >= 0.3 is 23.9 Å². The lowest BCUT2D eigenvalue weighted by Crippen LogP contribution is -2.84. The third kappa shape index (κ3) is 5.43. The summed E-state index contributed by atoms with van der Waals surface area (Å²) in [6.07, 6.45) is -10.5. The maximum absolute atomic E-state index is 15.5. The quantitative estimate of drug-likeness (QED) is 0.170. The van der Waals surface area contributed by atoms with Crippen molar-refractivity contribution in [1.29, 1.82) is 0 Å². The minimum absolute atomic E-state index is 0.0753. The van der Waals surface area contributed by atoms with E-state index < -0.39 is 123 Å². The van der Waals surface area contributed by atoms with Crippen molar-refractivity contribution in [3.8, 4) is 0 Å². The fraction of sp³-hybridized carbons (Fsp3) is 0.489. The molecule has 5 aliphatic rings. The number of aliphatic hydroxyl groups is 3. The average molecular weight is 854 g/mol. The predicted molar refractivity (Wildman–Crippen MR) is 216 cm³/mol. The van der Waals surface area contributed by atoms with Crippen LogP contribution in [-0.2, 0) is 42.9 Å². The molecule has 15 heteroatoms. The highest BCUT2D eigenvalue weighted by Crippen LogP contribution is 2.89. The summed E-state index contributed by atoms with van der Waals surface area (Å²) in [7, 11) is 0. The highest BCUT2D eigenvalue weighted by Gasteiger charge is 3.02. The van der Waals surface area contributed by atoms with E-state index in [2.05, 4.69) is 5.32 Å². The third-order valence-corrected chi connectivity index (χ3v) is 15.3. The number of aliphatic hydroxyl groups excluding tert-OH is 2. The van der Waals surface area contributed by atoms with Crippen LogP contribution in [0.25, 0.3) is 0 Å². The average Bonchev–Trinajstić information content (AvgIpc) is 3.46. The summed E-state index contributed by atoms with van der Waals surface area (Å²) in [4.78, 5) is 84.6. The Morgan fingerprint density at radius 3 is 1.95 bits per heavy atom. The number of rotatable bonds is 10. The number of Topliss-reactive ketones (excluding diaryl/α,β-unsaturated/α-hetero) is 1. The number of carbonyl (C=O) groups excluding carboxylic acids is 6. The molecule has 1 saturated heterocycles. The van der Waals surface area contributed by atoms with Crippen molar-refractivity contribution in [2.75, 3.05) is 6.61 Å². The van der Waals surface area contributed by atoms with Gasteiger partial charge < -0.3 is 44.3 Å². The van der Waals surface area contributed by atoms with E-state index in [1.54, 1.807) is 99.6 Å². The number of hydrogen-bond donors (Lipinski definition) is 4. The summed E-state index contributed by atoms with van der Waals surface area (Å²) in [5, 5.41) is 40.7. The zero-order valence-corrected chi connectivity index (χ0v) is 35.2. The van der Waals surface area contributed by atoms with Crippen LogP contribution in [0, 0.1) is 27.6 Å². The van der Waals surface area contributed by atoms with Crippen molar-refractivity contribution in [2.24, 2.45) is 27.6 Å². The second-order valence-corrected chi connectivity index (χ2v) is 18.1. The van der Waals surface area contributed by atoms with Crippen molar-refractivity contribution in [2.45, 2.75) is 108 Å². The highest BCUT2D eigenvalue weighted by molar-refractivity contribution is 5.98. The number of ketones is 1. The molecule has 4 saturated carbocycles. The van der Waals surface area contributed by atoms with Gasteiger partial charge in [0.2, 0.25) is 0 Å². The molecule has 3 aromatic carbocycles. The van der Waals surface area contributed by atoms with Crippen molar-refractivity contribution >= 4 is 35.6 Å². The van der Waals surface area contributed by atoms with Gasteiger partial charge in [-0.3, -0.25) is 19.2 Å². The smallest absolute Gasteiger partial charge is 0.338 e. The van der Waals surface area contributed by atoms with Crippen LogP contribution >= 0.6 is 0 Å². The largest absolute Gasteiger partial charge is 0.460 e. The van der Waals surface area contributed by atoms with Crippen LogP contribution in [0.5, 0.6) is 0 Å². The van der Waals surface area contributed by atoms with E-state index >= 15 is 4.79 Å². The molecule has 2 spiro atoms. The number of hydrogen-bond acceptors (Lipinski definition) is 14. The summed E-state index contributed by atoms with van der Waals surface area (Å²) < 4.78 is 31.3. The molecule has 5 fully saturated rings. The van der Waals surface area contributed by atoms with Gasteiger partial charge in [-0.25, -0.2) is 9.59 Å². The number of benzene rings is 3. The Balaban J connectivity index is 1.32. The van der Waals surface area contributed by atoms with Gasteiger partial charge in [0.1, 0.15) is 23.9 Å². The Morgan fingerprint density at radius 1 is 0.823 bits per heavy atom. The van der Waals surface area contributed by atoms with E-state index in [1.165, 1.54) is 19.1 Å². The normalized spacial score (nSPS) is 36.9. The third-order valence-electron chi connectivity index (χ3n) is 15.3. The van der Waals surface area contributed by atoms with E-state index in [1.807, 2.05) is 0 Å². The van der Waals surface area contributed by atoms with Crippen LogP contribution in [0.15, 0.2) is 91.0 Å². The summed E-state index contributed by atoms with van der Waals surface area (Å²) in [5.41, 5.74) is -11.4. The van der Waals surface area contributed by atoms with Gasteiger partial charge in [0.25, 0.3) is 5.91 Å². The molecule has 0 radical (unpaired) electrons. The molecule has 4 N–H and O–H groups in total. The summed E-state index contributed by atoms with van der Waals surface area (Å²) in [6.45, 7) is 8.25. The van der Waals surface area contributed by atoms with Crippen LogP contribution in [0.4, 0.5) is 0 Å². The number of nitrogens with one attached hydrogen (secondary N) is 1. The Morgan fingerprint density at radius 2 is 1.40 bits per heavy atom. The first-order valence-electron chi connectivity index (χ1n) is 20.8. The topological polar surface area (TPSA) is 221 Å². The Kier molecular flexibility index (Phi) is 10.3. The molecule has 2 bridgehead atoms. The number of amides is 1. The van der Waals surface area contributed by atoms with Gasteiger partial charge in [-0.2, -0.15) is 0 Å². The summed E-state index contributed by atoms with van der Waals surface area (Å²) in [5.74, 6) is -6.35. The Hall–Kier alpha value is -5.48. The summed E-state index contributed by atoms with van der Waals surface area (Å²) in [6, 6.07) is 23.0. The van der Waals surface area contributed by atoms with Crippen LogP contribution < -0.4 is 5.32 Å². The first-order valence-corrected chi connectivity index (χ1v) is 20.8. The van der Waals surface area contributed by atoms with Crippen LogP contribution in [0.1, 0.15) is 86.7 Å². The van der Waals surface area contributed by atoms with Gasteiger partial charge in [-0.1, -0.05) is 87.5 Å². The lowest BCUT2D eigenvalue weighted by atomic mass is 9.37. The fourth-order valence-corrected chi connectivity index (χ4v) is 12.8. The van der Waals surface area contributed by atoms with E-state index in [-0.39, 0.29) is 24.2 Å². The second kappa shape index (κ2) is 14.8. The van der Waals surface area contributed by atoms with Gasteiger partial charge in [-0.05, 0) is 36.8 Å². The molecule has 13 atom stereocenters. The monoisotopic (exact) mass is 853 g/mol. The zero-order chi connectivity index (χ0) is 44.8. The maximum Gasteiger partial charge on any atom is 0.338 e. The number of fused-ring (bicyclic) bond motifs is 2. The van der Waals surface area contributed by atoms with Gasteiger partial charge in [0.15, 0.2) is 23.6 Å². The van der Waals surface area contributed by atoms with Crippen molar-refractivity contribution < 1.29 is 67.8 Å². The van der Waals surface area contributed by atoms with E-state index in [4.69, 9.17) is 23.7 Å². The zero-order valence-electron chi connectivity index (χ0n) is 35.2. The Labute approximate surface area is 358 Å². The van der Waals surface area contributed by atoms with Crippen LogP contribution in [-0.4, -0.2) is 105 Å². The van der Waals surface area contributed by atoms with Crippen molar-refractivity contribution in [3.63, 3.8) is 0 Å². The number of esters is 4. The molecular formula is C47H51NO14. The maximum atomic E-state index is 15.5. The van der Waals surface area contributed by atoms with Crippen LogP contribution in [0.3, 0.4) is 0 Å². The lowest BCUT2D eigenvalue weighted by molar-refractivity contribution is -0.387. The summed E-state index contributed by atoms with van der Waals surface area (Å²) >= 11 is 0. The van der Waals surface area contributed by atoms with E-state index in [9.17, 15) is 39.3 Å². The van der Waals surface area contributed by atoms with Crippen molar-refractivity contribution in [1.82, 2.24) is 5.32 Å². The molecular weight excluding hydrogens is 803 g/mol. The highest BCUT2D eigenvalue weighted by atomic mass is 16.6. The number of carbonyl (C=O) groups is 6. The first kappa shape index (κ1) is 43.2. The second-order valence-electron chi connectivity index (χ2n) is 18.1. The molecule has 15 nitrogen and oxygen atoms in total. The molecule has 4 unspecified atom stereocenters. The van der Waals surface area contributed by atoms with Gasteiger partial charge in [0.05, 0.1) is 35.1 Å². The van der Waals surface area contributed by atoms with Crippen molar-refractivity contribution in [3.05, 3.63) is 108 Å². The van der Waals surface area contributed by atoms with E-state index in [0.29, 0.717) is 5.56 Å². The molecule has 328 valence electrons. The molecule has 1 aliphatic heterocycles. The molecule has 3 aromatic rings. The standard InChI is InChI=1S/C47H51NO14/c1-25-31(60-40(56)35(52)34(28-16-10-7-11-17-28)48-38(54)29-18-12-8-13-19-29)23-44(57)41(61-39(55)30-20-14-9-15-21-30)47-43(6,32(51)22-33-45(47,24-58-33)62-27(3)50)36(53)37(59-26(2)49)46(25,47)42(44,4)5/h7-21,25,31-35,37,41,51-52,57H,22-24H2,1-6H3,(H,48,54)/t25?,31-,32-,33+,34-,35+,37-,41?,43-,44+,45-,46?,47?/m0/s1. The number of ether oxygens (including phenoxy) is 5. The Bertz CT molecular complexity index is 2310. The molecule has 0 aromatic heterocycles. The predicted octanol–water partition coefficient (Wildman–Crippen LogP) is 3.43. The van der Waals surface area contributed by atoms with Crippen LogP contribution in [0.2, 0.25) is 0 Å². The van der Waals surface area contributed by atoms with Gasteiger partial charge in [0, 0.05) is 49.0 Å². The van der Waals surface area contributed by atoms with E-state index in [0.717, 1.165) is 13.8 Å². The minimum Gasteiger partial charge on any atom is -0.460 e. The molecule has 1 heterocycles. The molecule has 62 heavy (non-hydrogen) atoms. The fourth-order valence-electron chi connectivity index (χ4n) is 12.8. The molecule has 4 aliphatic carbocycles. The minimum atomic E-state index is -2.31. The van der Waals surface area contributed by atoms with Gasteiger partial charge in [-0.15, -0.1) is 0 Å². The first-order chi connectivity index (χ1) is 29.3. The SMILES string of the molecule is CC(=O)O[C@H]1C(=O)[C@]2(C)[C@@H](O)C[C@H]3OC[C@@]3(OC(C)=O)C23C(OC(=O)c2ccccc2)[C@]2(O)C[C@H](OC(=O)[C@H](O)[C@@H](NC(=O)c4ccccc4)c4ccccc4)C(C)C13C2(C)C.